The number of carbonyl (C=O) groups excluding carboxylic acids is 3. The second-order valence-corrected chi connectivity index (χ2v) is 9.27. The number of esters is 1. The van der Waals surface area contributed by atoms with Crippen LogP contribution in [0.2, 0.25) is 0 Å². The first-order valence-corrected chi connectivity index (χ1v) is 11.7. The van der Waals surface area contributed by atoms with E-state index in [2.05, 4.69) is 0 Å². The SMILES string of the molecule is C[C@H]1CCc2c(N3CCC(O)CC3)c(F)cc3c(=O)c(OC(=O)CC[C@H](N)C(=O)C(N)=O)cn1c23. The molecule has 1 aromatic carbocycles. The molecule has 5 N–H and O–H groups in total. The predicted molar refractivity (Wildman–Crippen MR) is 126 cm³/mol. The van der Waals surface area contributed by atoms with Crippen molar-refractivity contribution in [1.82, 2.24) is 4.57 Å². The maximum atomic E-state index is 15.4. The molecule has 1 amide bonds. The molecule has 35 heavy (non-hydrogen) atoms. The highest BCUT2D eigenvalue weighted by atomic mass is 19.1. The number of primary amides is 1. The van der Waals surface area contributed by atoms with Gasteiger partial charge >= 0.3 is 5.97 Å². The number of aryl methyl sites for hydroxylation is 1. The van der Waals surface area contributed by atoms with E-state index in [1.807, 2.05) is 16.4 Å². The van der Waals surface area contributed by atoms with Gasteiger partial charge in [0.05, 0.1) is 34.9 Å². The number of benzene rings is 1. The van der Waals surface area contributed by atoms with Gasteiger partial charge < -0.3 is 30.8 Å². The molecule has 2 aromatic rings. The summed E-state index contributed by atoms with van der Waals surface area (Å²) in [5, 5.41) is 9.96. The molecular formula is C24H29FN4O6. The number of hydrogen-bond donors (Lipinski definition) is 3. The summed E-state index contributed by atoms with van der Waals surface area (Å²) >= 11 is 0. The molecule has 188 valence electrons. The number of halogens is 1. The van der Waals surface area contributed by atoms with Crippen LogP contribution in [0, 0.1) is 5.82 Å². The lowest BCUT2D eigenvalue weighted by Crippen LogP contribution is -2.40. The smallest absolute Gasteiger partial charge is 0.311 e. The molecule has 3 heterocycles. The fraction of sp³-hybridized carbons (Fsp3) is 0.500. The fourth-order valence-corrected chi connectivity index (χ4v) is 4.87. The molecule has 10 nitrogen and oxygen atoms in total. The number of Topliss-reactive ketones (excluding diaryl/α,β-unsaturated/α-hetero) is 1. The quantitative estimate of drug-likeness (QED) is 0.379. The number of anilines is 1. The Morgan fingerprint density at radius 1 is 1.26 bits per heavy atom. The van der Waals surface area contributed by atoms with Crippen molar-refractivity contribution in [2.75, 3.05) is 18.0 Å². The lowest BCUT2D eigenvalue weighted by molar-refractivity contribution is -0.138. The molecule has 1 aromatic heterocycles. The maximum Gasteiger partial charge on any atom is 0.311 e. The molecule has 0 unspecified atom stereocenters. The second kappa shape index (κ2) is 9.74. The van der Waals surface area contributed by atoms with E-state index in [1.165, 1.54) is 12.3 Å². The van der Waals surface area contributed by atoms with Gasteiger partial charge in [0.15, 0.2) is 5.75 Å². The van der Waals surface area contributed by atoms with E-state index in [0.717, 1.165) is 5.56 Å². The Balaban J connectivity index is 1.67. The number of rotatable bonds is 7. The number of hydrogen-bond acceptors (Lipinski definition) is 8. The zero-order chi connectivity index (χ0) is 25.4. The van der Waals surface area contributed by atoms with Gasteiger partial charge in [-0.15, -0.1) is 0 Å². The molecule has 1 saturated heterocycles. The van der Waals surface area contributed by atoms with Crippen molar-refractivity contribution >= 4 is 34.3 Å². The zero-order valence-electron chi connectivity index (χ0n) is 19.5. The first kappa shape index (κ1) is 24.8. The highest BCUT2D eigenvalue weighted by Gasteiger charge is 2.30. The number of aliphatic hydroxyl groups is 1. The highest BCUT2D eigenvalue weighted by Crippen LogP contribution is 2.39. The topological polar surface area (TPSA) is 158 Å². The van der Waals surface area contributed by atoms with Crippen molar-refractivity contribution < 1.29 is 28.6 Å². The van der Waals surface area contributed by atoms with Crippen molar-refractivity contribution in [2.24, 2.45) is 11.5 Å². The van der Waals surface area contributed by atoms with E-state index < -0.39 is 41.1 Å². The second-order valence-electron chi connectivity index (χ2n) is 9.27. The molecule has 0 aliphatic carbocycles. The van der Waals surface area contributed by atoms with Crippen molar-refractivity contribution in [3.05, 3.63) is 33.9 Å². The molecule has 0 radical (unpaired) electrons. The standard InChI is InChI=1S/C24H29FN4O6/c1-12-2-3-14-20-15(10-16(25)21(14)28-8-6-13(30)7-9-28)22(32)18(11-29(12)20)35-19(31)5-4-17(26)23(33)24(27)34/h10-13,17,30H,2-9,26H2,1H3,(H2,27,34)/t12-,17-/m0/s1. The van der Waals surface area contributed by atoms with Gasteiger partial charge in [-0.25, -0.2) is 4.39 Å². The number of ketones is 1. The predicted octanol–water partition coefficient (Wildman–Crippen LogP) is 0.676. The summed E-state index contributed by atoms with van der Waals surface area (Å²) in [6.45, 7) is 3.01. The van der Waals surface area contributed by atoms with Crippen LogP contribution < -0.4 is 26.5 Å². The van der Waals surface area contributed by atoms with Crippen molar-refractivity contribution in [1.29, 1.82) is 0 Å². The van der Waals surface area contributed by atoms with Crippen LogP contribution >= 0.6 is 0 Å². The van der Waals surface area contributed by atoms with Crippen LogP contribution in [0.1, 0.15) is 50.6 Å². The molecule has 0 spiro atoms. The summed E-state index contributed by atoms with van der Waals surface area (Å²) < 4.78 is 22.5. The molecule has 0 bridgehead atoms. The Kier molecular flexibility index (Phi) is 6.91. The number of nitrogens with zero attached hydrogens (tertiary/aromatic N) is 2. The minimum absolute atomic E-state index is 0.0221. The number of ether oxygens (including phenoxy) is 1. The molecule has 2 aliphatic rings. The highest BCUT2D eigenvalue weighted by molar-refractivity contribution is 6.37. The van der Waals surface area contributed by atoms with Gasteiger partial charge in [-0.2, -0.15) is 0 Å². The average molecular weight is 489 g/mol. The van der Waals surface area contributed by atoms with Crippen LogP contribution in [0.25, 0.3) is 10.9 Å². The van der Waals surface area contributed by atoms with Crippen LogP contribution in [0.5, 0.6) is 5.75 Å². The Labute approximate surface area is 200 Å². The van der Waals surface area contributed by atoms with Gasteiger partial charge in [0.2, 0.25) is 11.2 Å². The fourth-order valence-electron chi connectivity index (χ4n) is 4.87. The van der Waals surface area contributed by atoms with Gasteiger partial charge in [0.1, 0.15) is 5.82 Å². The third-order valence-corrected chi connectivity index (χ3v) is 6.84. The minimum Gasteiger partial charge on any atom is -0.421 e. The van der Waals surface area contributed by atoms with Gasteiger partial charge in [0.25, 0.3) is 5.91 Å². The van der Waals surface area contributed by atoms with Gasteiger partial charge in [-0.3, -0.25) is 19.2 Å². The maximum absolute atomic E-state index is 15.4. The monoisotopic (exact) mass is 488 g/mol. The van der Waals surface area contributed by atoms with E-state index in [9.17, 15) is 24.3 Å². The van der Waals surface area contributed by atoms with Crippen molar-refractivity contribution in [3.63, 3.8) is 0 Å². The average Bonchev–Trinajstić information content (AvgIpc) is 2.82. The van der Waals surface area contributed by atoms with E-state index in [0.29, 0.717) is 50.0 Å². The Morgan fingerprint density at radius 2 is 1.94 bits per heavy atom. The van der Waals surface area contributed by atoms with E-state index >= 15 is 4.39 Å². The number of piperidine rings is 1. The number of nitrogens with two attached hydrogens (primary N) is 2. The van der Waals surface area contributed by atoms with Crippen LogP contribution in [0.15, 0.2) is 17.1 Å². The molecule has 11 heteroatoms. The largest absolute Gasteiger partial charge is 0.421 e. The molecule has 2 aliphatic heterocycles. The summed E-state index contributed by atoms with van der Waals surface area (Å²) in [6.07, 6.45) is 2.96. The Bertz CT molecular complexity index is 1250. The summed E-state index contributed by atoms with van der Waals surface area (Å²) in [7, 11) is 0. The number of aliphatic hydroxyl groups excluding tert-OH is 1. The van der Waals surface area contributed by atoms with E-state index in [4.69, 9.17) is 16.2 Å². The third kappa shape index (κ3) is 4.78. The number of pyridine rings is 1. The van der Waals surface area contributed by atoms with Crippen LogP contribution in [0.4, 0.5) is 10.1 Å². The Hall–Kier alpha value is -3.31. The van der Waals surface area contributed by atoms with Crippen molar-refractivity contribution in [3.8, 4) is 5.75 Å². The van der Waals surface area contributed by atoms with Crippen molar-refractivity contribution in [2.45, 2.75) is 63.6 Å². The first-order chi connectivity index (χ1) is 16.6. The van der Waals surface area contributed by atoms with E-state index in [-0.39, 0.29) is 30.0 Å². The minimum atomic E-state index is -1.25. The third-order valence-electron chi connectivity index (χ3n) is 6.84. The number of carbonyl (C=O) groups is 3. The summed E-state index contributed by atoms with van der Waals surface area (Å²) in [4.78, 5) is 49.9. The van der Waals surface area contributed by atoms with E-state index in [1.54, 1.807) is 0 Å². The summed E-state index contributed by atoms with van der Waals surface area (Å²) in [5.41, 5.74) is 11.7. The normalized spacial score (nSPS) is 19.0. The Morgan fingerprint density at radius 3 is 2.60 bits per heavy atom. The summed E-state index contributed by atoms with van der Waals surface area (Å²) in [5.74, 6) is -3.77. The lowest BCUT2D eigenvalue weighted by atomic mass is 9.93. The van der Waals surface area contributed by atoms with Crippen LogP contribution in [-0.2, 0) is 20.8 Å². The number of aromatic nitrogens is 1. The molecule has 0 saturated carbocycles. The lowest BCUT2D eigenvalue weighted by Gasteiger charge is -2.36. The summed E-state index contributed by atoms with van der Waals surface area (Å²) in [6, 6.07) is -0.0782. The first-order valence-electron chi connectivity index (χ1n) is 11.7. The molecule has 4 rings (SSSR count). The van der Waals surface area contributed by atoms with Gasteiger partial charge in [-0.05, 0) is 45.1 Å². The number of amides is 1. The molecule has 2 atom stereocenters. The molecular weight excluding hydrogens is 459 g/mol. The van der Waals surface area contributed by atoms with Gasteiger partial charge in [-0.1, -0.05) is 0 Å². The zero-order valence-corrected chi connectivity index (χ0v) is 19.5. The molecule has 1 fully saturated rings. The van der Waals surface area contributed by atoms with Crippen LogP contribution in [0.3, 0.4) is 0 Å². The van der Waals surface area contributed by atoms with Gasteiger partial charge in [0, 0.05) is 31.1 Å². The van der Waals surface area contributed by atoms with Crippen LogP contribution in [-0.4, -0.2) is 52.6 Å².